The van der Waals surface area contributed by atoms with Crippen LogP contribution in [0.15, 0.2) is 23.1 Å². The van der Waals surface area contributed by atoms with Crippen LogP contribution in [-0.2, 0) is 21.3 Å². The number of carbonyl (C=O) groups is 1. The van der Waals surface area contributed by atoms with Crippen LogP contribution in [0.1, 0.15) is 36.7 Å². The van der Waals surface area contributed by atoms with Crippen molar-refractivity contribution in [3.63, 3.8) is 0 Å². The van der Waals surface area contributed by atoms with Gasteiger partial charge in [-0.1, -0.05) is 6.07 Å². The first-order chi connectivity index (χ1) is 9.96. The maximum Gasteiger partial charge on any atom is 0.339 e. The summed E-state index contributed by atoms with van der Waals surface area (Å²) in [5, 5.41) is 0. The first kappa shape index (κ1) is 18.6. The molecule has 1 rings (SSSR count). The molecule has 1 N–H and O–H groups in total. The Morgan fingerprint density at radius 2 is 1.86 bits per heavy atom. The lowest BCUT2D eigenvalue weighted by atomic mass is 10.1. The Bertz CT molecular complexity index is 646. The molecule has 22 heavy (non-hydrogen) atoms. The number of hydrogen-bond acceptors (Lipinski definition) is 5. The Labute approximate surface area is 132 Å². The van der Waals surface area contributed by atoms with E-state index in [0.29, 0.717) is 6.54 Å². The summed E-state index contributed by atoms with van der Waals surface area (Å²) in [5.41, 5.74) is 0.229. The first-order valence-corrected chi connectivity index (χ1v) is 8.34. The van der Waals surface area contributed by atoms with Crippen molar-refractivity contribution < 1.29 is 17.9 Å². The zero-order chi connectivity index (χ0) is 17.1. The minimum atomic E-state index is -3.81. The van der Waals surface area contributed by atoms with Gasteiger partial charge in [0, 0.05) is 12.1 Å². The average Bonchev–Trinajstić information content (AvgIpc) is 2.33. The van der Waals surface area contributed by atoms with Gasteiger partial charge in [-0.15, -0.1) is 0 Å². The lowest BCUT2D eigenvalue weighted by Crippen LogP contribution is -2.41. The molecule has 0 amide bonds. The van der Waals surface area contributed by atoms with Crippen molar-refractivity contribution in [1.82, 2.24) is 9.62 Å². The fourth-order valence-electron chi connectivity index (χ4n) is 2.00. The number of esters is 1. The van der Waals surface area contributed by atoms with Crippen LogP contribution in [-0.4, -0.2) is 46.0 Å². The van der Waals surface area contributed by atoms with E-state index >= 15 is 0 Å². The van der Waals surface area contributed by atoms with Crippen LogP contribution in [0.3, 0.4) is 0 Å². The van der Waals surface area contributed by atoms with Gasteiger partial charge in [0.15, 0.2) is 0 Å². The molecule has 7 heteroatoms. The van der Waals surface area contributed by atoms with Crippen LogP contribution in [0, 0.1) is 0 Å². The molecule has 0 saturated carbocycles. The smallest absolute Gasteiger partial charge is 0.339 e. The molecule has 0 bridgehead atoms. The lowest BCUT2D eigenvalue weighted by Gasteiger charge is -2.21. The standard InChI is InChI=1S/C15H24N2O4S/c1-15(2,3)16-22(19,20)13-8-7-11(10-17(4)5)9-12(13)14(18)21-6/h7-9,16H,10H2,1-6H3. The van der Waals surface area contributed by atoms with E-state index in [1.54, 1.807) is 32.9 Å². The fourth-order valence-corrected chi connectivity index (χ4v) is 3.60. The molecule has 0 aromatic heterocycles. The minimum Gasteiger partial charge on any atom is -0.465 e. The fraction of sp³-hybridized carbons (Fsp3) is 0.533. The maximum atomic E-state index is 12.5. The summed E-state index contributed by atoms with van der Waals surface area (Å²) in [4.78, 5) is 13.8. The number of sulfonamides is 1. The minimum absolute atomic E-state index is 0.0404. The number of carbonyl (C=O) groups excluding carboxylic acids is 1. The molecule has 1 aromatic rings. The van der Waals surface area contributed by atoms with Crippen molar-refractivity contribution in [3.05, 3.63) is 29.3 Å². The Kier molecular flexibility index (Phi) is 5.72. The Morgan fingerprint density at radius 1 is 1.27 bits per heavy atom. The number of rotatable bonds is 5. The number of nitrogens with one attached hydrogen (secondary N) is 1. The van der Waals surface area contributed by atoms with Gasteiger partial charge in [0.25, 0.3) is 0 Å². The van der Waals surface area contributed by atoms with Crippen LogP contribution in [0.2, 0.25) is 0 Å². The van der Waals surface area contributed by atoms with E-state index in [0.717, 1.165) is 5.56 Å². The van der Waals surface area contributed by atoms with Crippen LogP contribution in [0.25, 0.3) is 0 Å². The molecule has 6 nitrogen and oxygen atoms in total. The summed E-state index contributed by atoms with van der Waals surface area (Å²) >= 11 is 0. The Morgan fingerprint density at radius 3 is 2.32 bits per heavy atom. The predicted molar refractivity (Wildman–Crippen MR) is 85.2 cm³/mol. The second-order valence-corrected chi connectivity index (χ2v) is 8.07. The zero-order valence-electron chi connectivity index (χ0n) is 13.9. The first-order valence-electron chi connectivity index (χ1n) is 6.86. The van der Waals surface area contributed by atoms with Crippen molar-refractivity contribution in [2.24, 2.45) is 0 Å². The number of hydrogen-bond donors (Lipinski definition) is 1. The van der Waals surface area contributed by atoms with Crippen molar-refractivity contribution in [3.8, 4) is 0 Å². The lowest BCUT2D eigenvalue weighted by molar-refractivity contribution is 0.0596. The molecule has 124 valence electrons. The molecule has 0 heterocycles. The van der Waals surface area contributed by atoms with E-state index in [1.807, 2.05) is 19.0 Å². The monoisotopic (exact) mass is 328 g/mol. The normalized spacial score (nSPS) is 12.5. The Balaban J connectivity index is 3.38. The molecule has 0 radical (unpaired) electrons. The third kappa shape index (κ3) is 5.08. The summed E-state index contributed by atoms with van der Waals surface area (Å²) in [6, 6.07) is 4.70. The second kappa shape index (κ2) is 6.76. The van der Waals surface area contributed by atoms with Gasteiger partial charge in [-0.2, -0.15) is 0 Å². The molecule has 0 spiro atoms. The molecule has 0 unspecified atom stereocenters. The number of nitrogens with zero attached hydrogens (tertiary/aromatic N) is 1. The summed E-state index contributed by atoms with van der Waals surface area (Å²) < 4.78 is 32.2. The van der Waals surface area contributed by atoms with Crippen molar-refractivity contribution in [2.45, 2.75) is 37.8 Å². The molecule has 1 aromatic carbocycles. The number of benzene rings is 1. The topological polar surface area (TPSA) is 75.7 Å². The largest absolute Gasteiger partial charge is 0.465 e. The van der Waals surface area contributed by atoms with Crippen molar-refractivity contribution >= 4 is 16.0 Å². The Hall–Kier alpha value is -1.44. The third-order valence-electron chi connectivity index (χ3n) is 2.68. The van der Waals surface area contributed by atoms with Crippen molar-refractivity contribution in [2.75, 3.05) is 21.2 Å². The molecule has 0 aliphatic rings. The van der Waals surface area contributed by atoms with E-state index in [9.17, 15) is 13.2 Å². The molecule has 0 fully saturated rings. The van der Waals surface area contributed by atoms with Crippen molar-refractivity contribution in [1.29, 1.82) is 0 Å². The van der Waals surface area contributed by atoms with Gasteiger partial charge in [-0.05, 0) is 52.6 Å². The molecular formula is C15H24N2O4S. The molecule has 0 aliphatic heterocycles. The highest BCUT2D eigenvalue weighted by molar-refractivity contribution is 7.89. The van der Waals surface area contributed by atoms with Gasteiger partial charge in [0.2, 0.25) is 10.0 Å². The third-order valence-corrected chi connectivity index (χ3v) is 4.49. The summed E-state index contributed by atoms with van der Waals surface area (Å²) in [6.45, 7) is 5.81. The van der Waals surface area contributed by atoms with Crippen LogP contribution in [0.5, 0.6) is 0 Å². The highest BCUT2D eigenvalue weighted by atomic mass is 32.2. The van der Waals surface area contributed by atoms with Gasteiger partial charge in [-0.25, -0.2) is 17.9 Å². The van der Waals surface area contributed by atoms with Crippen LogP contribution < -0.4 is 4.72 Å². The molecule has 0 atom stereocenters. The van der Waals surface area contributed by atoms with Gasteiger partial charge < -0.3 is 9.64 Å². The molecular weight excluding hydrogens is 304 g/mol. The zero-order valence-corrected chi connectivity index (χ0v) is 14.7. The summed E-state index contributed by atoms with van der Waals surface area (Å²) in [7, 11) is 1.20. The van der Waals surface area contributed by atoms with E-state index in [2.05, 4.69) is 4.72 Å². The van der Waals surface area contributed by atoms with Gasteiger partial charge in [0.1, 0.15) is 0 Å². The molecule has 0 aliphatic carbocycles. The SMILES string of the molecule is COC(=O)c1cc(CN(C)C)ccc1S(=O)(=O)NC(C)(C)C. The highest BCUT2D eigenvalue weighted by Crippen LogP contribution is 2.21. The quantitative estimate of drug-likeness (QED) is 0.831. The number of ether oxygens (including phenoxy) is 1. The maximum absolute atomic E-state index is 12.5. The van der Waals surface area contributed by atoms with Crippen LogP contribution >= 0.6 is 0 Å². The predicted octanol–water partition coefficient (Wildman–Crippen LogP) is 1.61. The highest BCUT2D eigenvalue weighted by Gasteiger charge is 2.27. The van der Waals surface area contributed by atoms with E-state index in [1.165, 1.54) is 13.2 Å². The van der Waals surface area contributed by atoms with Gasteiger partial charge in [0.05, 0.1) is 17.6 Å². The second-order valence-electron chi connectivity index (χ2n) is 6.42. The van der Waals surface area contributed by atoms with Gasteiger partial charge >= 0.3 is 5.97 Å². The average molecular weight is 328 g/mol. The van der Waals surface area contributed by atoms with E-state index in [-0.39, 0.29) is 10.5 Å². The summed E-state index contributed by atoms with van der Waals surface area (Å²) in [5.74, 6) is -0.671. The van der Waals surface area contributed by atoms with E-state index in [4.69, 9.17) is 4.74 Å². The van der Waals surface area contributed by atoms with E-state index < -0.39 is 21.5 Å². The summed E-state index contributed by atoms with van der Waals surface area (Å²) in [6.07, 6.45) is 0. The molecule has 0 saturated heterocycles. The number of methoxy groups -OCH3 is 1. The van der Waals surface area contributed by atoms with Crippen LogP contribution in [0.4, 0.5) is 0 Å². The van der Waals surface area contributed by atoms with Gasteiger partial charge in [-0.3, -0.25) is 0 Å².